The SMILES string of the molecule is CC(=O)Oc1ccc(O)c2c1C1CCC2CC1. The van der Waals surface area contributed by atoms with E-state index in [9.17, 15) is 9.90 Å². The summed E-state index contributed by atoms with van der Waals surface area (Å²) >= 11 is 0. The first-order valence-corrected chi connectivity index (χ1v) is 6.21. The number of phenolic OH excluding ortho intramolecular Hbond substituents is 1. The molecule has 0 heterocycles. The normalized spacial score (nSPS) is 25.5. The highest BCUT2D eigenvalue weighted by Crippen LogP contribution is 2.54. The number of aromatic hydroxyl groups is 1. The number of rotatable bonds is 1. The average molecular weight is 232 g/mol. The molecule has 0 amide bonds. The van der Waals surface area contributed by atoms with Gasteiger partial charge in [0, 0.05) is 18.1 Å². The Morgan fingerprint density at radius 3 is 2.35 bits per heavy atom. The summed E-state index contributed by atoms with van der Waals surface area (Å²) in [5.41, 5.74) is 2.12. The Balaban J connectivity index is 2.14. The summed E-state index contributed by atoms with van der Waals surface area (Å²) in [4.78, 5) is 11.1. The number of fused-ring (bicyclic) bond motifs is 2. The molecule has 1 saturated carbocycles. The lowest BCUT2D eigenvalue weighted by Crippen LogP contribution is -2.23. The van der Waals surface area contributed by atoms with E-state index < -0.39 is 0 Å². The predicted molar refractivity (Wildman–Crippen MR) is 63.4 cm³/mol. The second kappa shape index (κ2) is 3.76. The number of carbonyl (C=O) groups excluding carboxylic acids is 1. The molecule has 2 bridgehead atoms. The Labute approximate surface area is 100 Å². The van der Waals surface area contributed by atoms with Gasteiger partial charge in [0.1, 0.15) is 11.5 Å². The van der Waals surface area contributed by atoms with Crippen LogP contribution >= 0.6 is 0 Å². The van der Waals surface area contributed by atoms with Crippen molar-refractivity contribution in [1.29, 1.82) is 0 Å². The fraction of sp³-hybridized carbons (Fsp3) is 0.500. The molecule has 3 aliphatic rings. The number of phenols is 1. The highest BCUT2D eigenvalue weighted by atomic mass is 16.5. The van der Waals surface area contributed by atoms with Crippen molar-refractivity contribution in [3.8, 4) is 11.5 Å². The zero-order valence-corrected chi connectivity index (χ0v) is 9.90. The van der Waals surface area contributed by atoms with Gasteiger partial charge in [-0.25, -0.2) is 0 Å². The van der Waals surface area contributed by atoms with Crippen molar-refractivity contribution in [2.75, 3.05) is 0 Å². The molecule has 17 heavy (non-hydrogen) atoms. The van der Waals surface area contributed by atoms with Crippen molar-refractivity contribution in [3.63, 3.8) is 0 Å². The van der Waals surface area contributed by atoms with Crippen LogP contribution in [0.15, 0.2) is 12.1 Å². The molecule has 1 fully saturated rings. The molecule has 0 radical (unpaired) electrons. The lowest BCUT2D eigenvalue weighted by Gasteiger charge is -2.39. The number of carbonyl (C=O) groups is 1. The smallest absolute Gasteiger partial charge is 0.308 e. The van der Waals surface area contributed by atoms with Gasteiger partial charge in [0.15, 0.2) is 0 Å². The summed E-state index contributed by atoms with van der Waals surface area (Å²) in [6, 6.07) is 3.37. The third kappa shape index (κ3) is 1.61. The Kier molecular flexibility index (Phi) is 2.35. The Morgan fingerprint density at radius 1 is 1.18 bits per heavy atom. The first kappa shape index (κ1) is 10.6. The summed E-state index contributed by atoms with van der Waals surface area (Å²) < 4.78 is 5.27. The minimum atomic E-state index is -0.292. The minimum absolute atomic E-state index is 0.292. The van der Waals surface area contributed by atoms with Gasteiger partial charge in [0.25, 0.3) is 0 Å². The molecule has 90 valence electrons. The van der Waals surface area contributed by atoms with Crippen LogP contribution in [0.3, 0.4) is 0 Å². The van der Waals surface area contributed by atoms with Crippen LogP contribution in [0.4, 0.5) is 0 Å². The molecular weight excluding hydrogens is 216 g/mol. The summed E-state index contributed by atoms with van der Waals surface area (Å²) in [6.07, 6.45) is 4.59. The van der Waals surface area contributed by atoms with Crippen molar-refractivity contribution in [2.45, 2.75) is 44.4 Å². The highest BCUT2D eigenvalue weighted by Gasteiger charge is 2.37. The van der Waals surface area contributed by atoms with E-state index in [0.29, 0.717) is 23.3 Å². The minimum Gasteiger partial charge on any atom is -0.508 e. The fourth-order valence-electron chi connectivity index (χ4n) is 3.37. The molecule has 3 aliphatic carbocycles. The maximum absolute atomic E-state index is 11.1. The summed E-state index contributed by atoms with van der Waals surface area (Å²) in [5.74, 6) is 1.63. The van der Waals surface area contributed by atoms with E-state index in [0.717, 1.165) is 36.8 Å². The zero-order valence-electron chi connectivity index (χ0n) is 9.90. The van der Waals surface area contributed by atoms with E-state index in [-0.39, 0.29) is 5.97 Å². The van der Waals surface area contributed by atoms with Gasteiger partial charge in [-0.2, -0.15) is 0 Å². The van der Waals surface area contributed by atoms with Crippen LogP contribution in [0.1, 0.15) is 55.6 Å². The number of esters is 1. The third-order valence-corrected chi connectivity index (χ3v) is 4.02. The van der Waals surface area contributed by atoms with Crippen LogP contribution in [0.25, 0.3) is 0 Å². The summed E-state index contributed by atoms with van der Waals surface area (Å²) in [7, 11) is 0. The van der Waals surface area contributed by atoms with Crippen molar-refractivity contribution >= 4 is 5.97 Å². The maximum Gasteiger partial charge on any atom is 0.308 e. The molecule has 1 aromatic rings. The molecule has 1 N–H and O–H groups in total. The van der Waals surface area contributed by atoms with Crippen LogP contribution < -0.4 is 4.74 Å². The van der Waals surface area contributed by atoms with Crippen LogP contribution in [0.5, 0.6) is 11.5 Å². The molecular formula is C14H16O3. The van der Waals surface area contributed by atoms with Gasteiger partial charge in [0.05, 0.1) is 0 Å². The summed E-state index contributed by atoms with van der Waals surface area (Å²) in [5, 5.41) is 10.00. The summed E-state index contributed by atoms with van der Waals surface area (Å²) in [6.45, 7) is 1.42. The van der Waals surface area contributed by atoms with Crippen LogP contribution in [-0.4, -0.2) is 11.1 Å². The lowest BCUT2D eigenvalue weighted by atomic mass is 9.66. The predicted octanol–water partition coefficient (Wildman–Crippen LogP) is 3.07. The van der Waals surface area contributed by atoms with Crippen molar-refractivity contribution in [2.24, 2.45) is 0 Å². The Hall–Kier alpha value is -1.51. The van der Waals surface area contributed by atoms with Crippen molar-refractivity contribution in [3.05, 3.63) is 23.3 Å². The van der Waals surface area contributed by atoms with Gasteiger partial charge in [-0.1, -0.05) is 0 Å². The molecule has 0 aliphatic heterocycles. The monoisotopic (exact) mass is 232 g/mol. The zero-order chi connectivity index (χ0) is 12.0. The van der Waals surface area contributed by atoms with E-state index in [2.05, 4.69) is 0 Å². The Bertz CT molecular complexity index is 471. The van der Waals surface area contributed by atoms with Crippen LogP contribution in [-0.2, 0) is 4.79 Å². The van der Waals surface area contributed by atoms with Crippen molar-refractivity contribution in [1.82, 2.24) is 0 Å². The van der Waals surface area contributed by atoms with E-state index >= 15 is 0 Å². The third-order valence-electron chi connectivity index (χ3n) is 4.02. The van der Waals surface area contributed by atoms with Crippen LogP contribution in [0.2, 0.25) is 0 Å². The fourth-order valence-corrected chi connectivity index (χ4v) is 3.37. The van der Waals surface area contributed by atoms with Gasteiger partial charge in [0.2, 0.25) is 0 Å². The number of hydrogen-bond acceptors (Lipinski definition) is 3. The number of hydrogen-bond donors (Lipinski definition) is 1. The largest absolute Gasteiger partial charge is 0.508 e. The second-order valence-corrected chi connectivity index (χ2v) is 5.05. The van der Waals surface area contributed by atoms with E-state index in [1.54, 1.807) is 12.1 Å². The van der Waals surface area contributed by atoms with Crippen molar-refractivity contribution < 1.29 is 14.6 Å². The van der Waals surface area contributed by atoms with Gasteiger partial charge >= 0.3 is 5.97 Å². The van der Waals surface area contributed by atoms with Gasteiger partial charge in [-0.3, -0.25) is 4.79 Å². The van der Waals surface area contributed by atoms with E-state index in [1.807, 2.05) is 0 Å². The van der Waals surface area contributed by atoms with Gasteiger partial charge in [-0.05, 0) is 49.7 Å². The number of ether oxygens (including phenoxy) is 1. The molecule has 1 aromatic carbocycles. The topological polar surface area (TPSA) is 46.5 Å². The maximum atomic E-state index is 11.1. The average Bonchev–Trinajstić information content (AvgIpc) is 2.33. The molecule has 0 atom stereocenters. The highest BCUT2D eigenvalue weighted by molar-refractivity contribution is 5.71. The second-order valence-electron chi connectivity index (χ2n) is 5.05. The molecule has 0 unspecified atom stereocenters. The Morgan fingerprint density at radius 2 is 1.76 bits per heavy atom. The first-order chi connectivity index (χ1) is 8.16. The molecule has 0 spiro atoms. The number of benzene rings is 1. The van der Waals surface area contributed by atoms with E-state index in [4.69, 9.17) is 4.74 Å². The standard InChI is InChI=1S/C14H16O3/c1-8(15)17-12-7-6-11(16)13-9-2-4-10(5-3-9)14(12)13/h6-7,9-10,16H,2-5H2,1H3. The molecule has 3 nitrogen and oxygen atoms in total. The first-order valence-electron chi connectivity index (χ1n) is 6.21. The van der Waals surface area contributed by atoms with Crippen LogP contribution in [0, 0.1) is 0 Å². The molecule has 0 saturated heterocycles. The van der Waals surface area contributed by atoms with Gasteiger partial charge < -0.3 is 9.84 Å². The molecule has 0 aromatic heterocycles. The lowest BCUT2D eigenvalue weighted by molar-refractivity contribution is -0.131. The molecule has 3 heteroatoms. The molecule has 4 rings (SSSR count). The van der Waals surface area contributed by atoms with E-state index in [1.165, 1.54) is 6.92 Å². The van der Waals surface area contributed by atoms with Gasteiger partial charge in [-0.15, -0.1) is 0 Å². The quantitative estimate of drug-likeness (QED) is 0.598.